The van der Waals surface area contributed by atoms with Crippen LogP contribution in [-0.2, 0) is 11.5 Å². The maximum absolute atomic E-state index is 12.2. The third kappa shape index (κ3) is 1.86. The maximum Gasteiger partial charge on any atom is 0.348 e. The zero-order chi connectivity index (χ0) is 14.3. The van der Waals surface area contributed by atoms with Crippen molar-refractivity contribution in [2.45, 2.75) is 18.1 Å². The van der Waals surface area contributed by atoms with Crippen LogP contribution in [0.3, 0.4) is 0 Å². The predicted octanol–water partition coefficient (Wildman–Crippen LogP) is -0.0993. The monoisotopic (exact) mass is 293 g/mol. The van der Waals surface area contributed by atoms with E-state index in [2.05, 4.69) is 0 Å². The normalized spacial score (nSPS) is 31.6. The Kier molecular flexibility index (Phi) is 3.12. The van der Waals surface area contributed by atoms with Gasteiger partial charge in [-0.25, -0.2) is 9.59 Å². The molecule has 0 radical (unpaired) electrons. The summed E-state index contributed by atoms with van der Waals surface area (Å²) in [6.45, 7) is 0.445. The number of fused-ring (bicyclic) bond motifs is 1. The molecule has 1 amide bonds. The number of quaternary nitrogens is 1. The van der Waals surface area contributed by atoms with Crippen LogP contribution in [0.2, 0.25) is 0 Å². The fourth-order valence-electron chi connectivity index (χ4n) is 2.67. The van der Waals surface area contributed by atoms with Crippen molar-refractivity contribution in [3.63, 3.8) is 0 Å². The molecule has 3 N–H and O–H groups in total. The van der Waals surface area contributed by atoms with E-state index in [0.717, 1.165) is 5.75 Å². The third-order valence-corrected chi connectivity index (χ3v) is 5.12. The van der Waals surface area contributed by atoms with E-state index in [1.54, 1.807) is 24.2 Å². The lowest BCUT2D eigenvalue weighted by molar-refractivity contribution is -0.995. The van der Waals surface area contributed by atoms with Gasteiger partial charge in [0.05, 0.1) is 5.56 Å². The zero-order valence-corrected chi connectivity index (χ0v) is 11.5. The number of pyridine rings is 1. The van der Waals surface area contributed by atoms with E-state index >= 15 is 0 Å². The van der Waals surface area contributed by atoms with Crippen LogP contribution in [0.4, 0.5) is 0 Å². The summed E-state index contributed by atoms with van der Waals surface area (Å²) in [7, 11) is 0. The molecule has 0 spiro atoms. The second kappa shape index (κ2) is 4.69. The topological polar surface area (TPSA) is 84.3 Å². The first-order valence-electron chi connectivity index (χ1n) is 6.24. The van der Waals surface area contributed by atoms with Crippen LogP contribution in [0.5, 0.6) is 0 Å². The van der Waals surface area contributed by atoms with Crippen LogP contribution in [0.15, 0.2) is 36.8 Å². The van der Waals surface area contributed by atoms with Gasteiger partial charge in [0.2, 0.25) is 0 Å². The van der Waals surface area contributed by atoms with Crippen molar-refractivity contribution < 1.29 is 23.7 Å². The summed E-state index contributed by atoms with van der Waals surface area (Å²) in [5, 5.41) is 8.93. The molecule has 2 unspecified atom stereocenters. The fraction of sp³-hybridized carbons (Fsp3) is 0.308. The van der Waals surface area contributed by atoms with Gasteiger partial charge in [0, 0.05) is 17.9 Å². The number of hydrogen-bond donors (Lipinski definition) is 2. The molecule has 0 saturated carbocycles. The van der Waals surface area contributed by atoms with Gasteiger partial charge >= 0.3 is 11.9 Å². The minimum absolute atomic E-state index is 0.00765. The lowest BCUT2D eigenvalue weighted by Gasteiger charge is -2.48. The summed E-state index contributed by atoms with van der Waals surface area (Å²) in [5.74, 6) is -0.0837. The lowest BCUT2D eigenvalue weighted by atomic mass is 10.0. The highest BCUT2D eigenvalue weighted by molar-refractivity contribution is 8.00. The average molecular weight is 293 g/mol. The number of nitrogens with zero attached hydrogens (tertiary/aromatic N) is 2. The van der Waals surface area contributed by atoms with E-state index in [9.17, 15) is 9.59 Å². The van der Waals surface area contributed by atoms with Crippen LogP contribution >= 0.6 is 11.8 Å². The fourth-order valence-corrected chi connectivity index (χ4v) is 3.90. The number of hydrogen-bond acceptors (Lipinski definition) is 4. The van der Waals surface area contributed by atoms with Gasteiger partial charge in [0.25, 0.3) is 6.67 Å². The van der Waals surface area contributed by atoms with Crippen molar-refractivity contribution >= 4 is 23.6 Å². The third-order valence-electron chi connectivity index (χ3n) is 3.73. The molecule has 1 fully saturated rings. The van der Waals surface area contributed by atoms with Gasteiger partial charge in [-0.05, 0) is 6.08 Å². The van der Waals surface area contributed by atoms with Crippen molar-refractivity contribution in [3.8, 4) is 0 Å². The lowest BCUT2D eigenvalue weighted by Crippen LogP contribution is -2.79. The Labute approximate surface area is 120 Å². The molecule has 104 valence electrons. The molecule has 1 aromatic rings. The molecule has 3 atom stereocenters. The minimum atomic E-state index is -0.961. The maximum atomic E-state index is 12.2. The van der Waals surface area contributed by atoms with Gasteiger partial charge in [-0.15, -0.1) is 0 Å². The average Bonchev–Trinajstić information content (AvgIpc) is 2.47. The summed E-state index contributed by atoms with van der Waals surface area (Å²) < 4.78 is 2.03. The Hall–Kier alpha value is -1.70. The van der Waals surface area contributed by atoms with Crippen molar-refractivity contribution in [2.24, 2.45) is 5.73 Å². The van der Waals surface area contributed by atoms with Crippen LogP contribution in [0.1, 0.15) is 10.4 Å². The van der Waals surface area contributed by atoms with Crippen molar-refractivity contribution in [2.75, 3.05) is 5.75 Å². The number of aromatic nitrogens is 1. The van der Waals surface area contributed by atoms with Crippen LogP contribution in [-0.4, -0.2) is 38.6 Å². The zero-order valence-electron chi connectivity index (χ0n) is 10.7. The summed E-state index contributed by atoms with van der Waals surface area (Å²) in [4.78, 5) is 23.0. The second-order valence-corrected chi connectivity index (χ2v) is 6.10. The molecule has 2 aliphatic heterocycles. The number of aromatic carboxylic acids is 1. The summed E-state index contributed by atoms with van der Waals surface area (Å²) in [6.07, 6.45) is 7.25. The highest BCUT2D eigenvalue weighted by Gasteiger charge is 2.64. The Morgan fingerprint density at radius 1 is 1.50 bits per heavy atom. The van der Waals surface area contributed by atoms with Crippen LogP contribution in [0, 0.1) is 0 Å². The molecule has 1 saturated heterocycles. The molecule has 3 heterocycles. The Morgan fingerprint density at radius 2 is 2.20 bits per heavy atom. The van der Waals surface area contributed by atoms with E-state index in [1.807, 2.05) is 16.8 Å². The number of nitrogens with two attached hydrogens (primary N) is 1. The van der Waals surface area contributed by atoms with E-state index < -0.39 is 12.0 Å². The first-order chi connectivity index (χ1) is 9.54. The standard InChI is InChI=1S/C13H14N3O3S/c14-10-11(17)16(6-1-7-20-12(10)16)8-15-4-2-9(3-5-15)13(18)19/h1-6,10,12H,7-8,14H2/q+1/p+1/t10?,12-,16?/m0/s1. The number of amides is 1. The van der Waals surface area contributed by atoms with E-state index in [1.165, 1.54) is 12.1 Å². The summed E-state index contributed by atoms with van der Waals surface area (Å²) in [6, 6.07) is 2.64. The molecule has 20 heavy (non-hydrogen) atoms. The molecule has 0 bridgehead atoms. The number of thioether (sulfide) groups is 1. The van der Waals surface area contributed by atoms with Crippen LogP contribution in [0.25, 0.3) is 0 Å². The molecule has 7 heteroatoms. The summed E-state index contributed by atoms with van der Waals surface area (Å²) >= 11 is 1.68. The molecule has 6 nitrogen and oxygen atoms in total. The second-order valence-electron chi connectivity index (χ2n) is 4.95. The highest BCUT2D eigenvalue weighted by Crippen LogP contribution is 2.40. The van der Waals surface area contributed by atoms with E-state index in [-0.39, 0.29) is 21.3 Å². The van der Waals surface area contributed by atoms with Gasteiger partial charge in [0.1, 0.15) is 6.20 Å². The van der Waals surface area contributed by atoms with Crippen LogP contribution < -0.4 is 10.3 Å². The molecule has 3 rings (SSSR count). The van der Waals surface area contributed by atoms with Gasteiger partial charge in [-0.1, -0.05) is 11.8 Å². The summed E-state index contributed by atoms with van der Waals surface area (Å²) in [5.41, 5.74) is 6.10. The molecule has 1 aromatic heterocycles. The molecule has 0 aromatic carbocycles. The van der Waals surface area contributed by atoms with Gasteiger partial charge in [-0.2, -0.15) is 9.05 Å². The van der Waals surface area contributed by atoms with Gasteiger partial charge < -0.3 is 10.8 Å². The van der Waals surface area contributed by atoms with Crippen molar-refractivity contribution in [1.29, 1.82) is 0 Å². The number of carboxylic acids is 1. The van der Waals surface area contributed by atoms with E-state index in [0.29, 0.717) is 6.67 Å². The molecule has 0 aliphatic carbocycles. The molecule has 2 aliphatic rings. The Morgan fingerprint density at radius 3 is 2.85 bits per heavy atom. The number of rotatable bonds is 3. The predicted molar refractivity (Wildman–Crippen MR) is 72.2 cm³/mol. The molecular formula is C13H15N3O3S+2. The first kappa shape index (κ1) is 13.3. The van der Waals surface area contributed by atoms with Crippen molar-refractivity contribution in [3.05, 3.63) is 42.4 Å². The number of β-lactam (4-membered cyclic amide) rings is 1. The number of carbonyl (C=O) groups is 2. The smallest absolute Gasteiger partial charge is 0.348 e. The highest BCUT2D eigenvalue weighted by atomic mass is 32.2. The molecular weight excluding hydrogens is 278 g/mol. The number of carboxylic acid groups (broad SMARTS) is 1. The van der Waals surface area contributed by atoms with Crippen molar-refractivity contribution in [1.82, 2.24) is 0 Å². The van der Waals surface area contributed by atoms with E-state index in [4.69, 9.17) is 10.8 Å². The first-order valence-corrected chi connectivity index (χ1v) is 7.28. The SMILES string of the molecule is NC1C(=O)[N+]2(C[n+]3ccc(C(=O)O)cc3)C=CCS[C@@H]12. The quantitative estimate of drug-likeness (QED) is 0.462. The van der Waals surface area contributed by atoms with Gasteiger partial charge in [0.15, 0.2) is 23.8 Å². The largest absolute Gasteiger partial charge is 0.478 e. The van der Waals surface area contributed by atoms with Gasteiger partial charge in [-0.3, -0.25) is 0 Å². The number of carbonyl (C=O) groups excluding carboxylic acids is 1. The minimum Gasteiger partial charge on any atom is -0.478 e. The Balaban J connectivity index is 1.86. The Bertz CT molecular complexity index is 601.